The second-order valence-electron chi connectivity index (χ2n) is 4.91. The second-order valence-corrected chi connectivity index (χ2v) is 5.29. The molecule has 0 N–H and O–H groups in total. The van der Waals surface area contributed by atoms with Crippen molar-refractivity contribution in [1.82, 2.24) is 9.97 Å². The van der Waals surface area contributed by atoms with Gasteiger partial charge in [-0.25, -0.2) is 9.97 Å². The molecule has 0 unspecified atom stereocenters. The molecule has 2 rings (SSSR count). The number of rotatable bonds is 2. The number of benzene rings is 1. The molecule has 0 amide bonds. The summed E-state index contributed by atoms with van der Waals surface area (Å²) in [6, 6.07) is 8.17. The maximum absolute atomic E-state index is 6.08. The van der Waals surface area contributed by atoms with Crippen LogP contribution in [-0.4, -0.2) is 9.97 Å². The molecule has 0 aliphatic rings. The summed E-state index contributed by atoms with van der Waals surface area (Å²) in [5.41, 5.74) is 4.45. The SMILES string of the molecule is Cc1ccc(C)c(-c2cc(Cl)nc(C(C)C)n2)c1. The van der Waals surface area contributed by atoms with Gasteiger partial charge >= 0.3 is 0 Å². The van der Waals surface area contributed by atoms with E-state index in [4.69, 9.17) is 11.6 Å². The molecule has 0 atom stereocenters. The Labute approximate surface area is 113 Å². The zero-order valence-corrected chi connectivity index (χ0v) is 11.9. The molecular weight excluding hydrogens is 244 g/mol. The van der Waals surface area contributed by atoms with Gasteiger partial charge in [0.1, 0.15) is 11.0 Å². The topological polar surface area (TPSA) is 25.8 Å². The Hall–Kier alpha value is -1.41. The lowest BCUT2D eigenvalue weighted by atomic mass is 10.0. The monoisotopic (exact) mass is 260 g/mol. The molecule has 2 nitrogen and oxygen atoms in total. The lowest BCUT2D eigenvalue weighted by Gasteiger charge is -2.10. The van der Waals surface area contributed by atoms with Crippen LogP contribution in [0.25, 0.3) is 11.3 Å². The van der Waals surface area contributed by atoms with E-state index in [1.807, 2.05) is 6.07 Å². The smallest absolute Gasteiger partial charge is 0.133 e. The van der Waals surface area contributed by atoms with Crippen molar-refractivity contribution in [2.75, 3.05) is 0 Å². The van der Waals surface area contributed by atoms with E-state index in [1.54, 1.807) is 0 Å². The lowest BCUT2D eigenvalue weighted by Crippen LogP contribution is -2.00. The number of hydrogen-bond acceptors (Lipinski definition) is 2. The zero-order chi connectivity index (χ0) is 13.3. The molecule has 1 heterocycles. The van der Waals surface area contributed by atoms with Crippen LogP contribution >= 0.6 is 11.6 Å². The van der Waals surface area contributed by atoms with Gasteiger partial charge in [-0.15, -0.1) is 0 Å². The van der Waals surface area contributed by atoms with Crippen LogP contribution in [0.15, 0.2) is 24.3 Å². The Morgan fingerprint density at radius 3 is 2.44 bits per heavy atom. The van der Waals surface area contributed by atoms with Gasteiger partial charge in [-0.05, 0) is 25.5 Å². The molecule has 0 aliphatic heterocycles. The highest BCUT2D eigenvalue weighted by molar-refractivity contribution is 6.29. The number of halogens is 1. The van der Waals surface area contributed by atoms with Crippen molar-refractivity contribution in [2.24, 2.45) is 0 Å². The van der Waals surface area contributed by atoms with Crippen LogP contribution in [0.3, 0.4) is 0 Å². The lowest BCUT2D eigenvalue weighted by molar-refractivity contribution is 0.776. The first kappa shape index (κ1) is 13.0. The van der Waals surface area contributed by atoms with Crippen LogP contribution in [0.5, 0.6) is 0 Å². The number of nitrogens with zero attached hydrogens (tertiary/aromatic N) is 2. The Kier molecular flexibility index (Phi) is 3.67. The summed E-state index contributed by atoms with van der Waals surface area (Å²) in [6.45, 7) is 8.30. The molecule has 0 spiro atoms. The maximum atomic E-state index is 6.08. The highest BCUT2D eigenvalue weighted by Gasteiger charge is 2.10. The predicted molar refractivity (Wildman–Crippen MR) is 76.0 cm³/mol. The van der Waals surface area contributed by atoms with Crippen molar-refractivity contribution in [1.29, 1.82) is 0 Å². The van der Waals surface area contributed by atoms with Gasteiger partial charge in [-0.3, -0.25) is 0 Å². The van der Waals surface area contributed by atoms with Gasteiger partial charge < -0.3 is 0 Å². The summed E-state index contributed by atoms with van der Waals surface area (Å²) < 4.78 is 0. The molecule has 1 aromatic heterocycles. The molecule has 18 heavy (non-hydrogen) atoms. The minimum Gasteiger partial charge on any atom is -0.233 e. The molecule has 0 saturated carbocycles. The largest absolute Gasteiger partial charge is 0.233 e. The van der Waals surface area contributed by atoms with E-state index in [-0.39, 0.29) is 5.92 Å². The number of hydrogen-bond donors (Lipinski definition) is 0. The average Bonchev–Trinajstić information content (AvgIpc) is 2.31. The maximum Gasteiger partial charge on any atom is 0.133 e. The van der Waals surface area contributed by atoms with Crippen molar-refractivity contribution >= 4 is 11.6 Å². The first-order valence-electron chi connectivity index (χ1n) is 6.09. The van der Waals surface area contributed by atoms with Crippen LogP contribution in [0.1, 0.15) is 36.7 Å². The van der Waals surface area contributed by atoms with E-state index < -0.39 is 0 Å². The highest BCUT2D eigenvalue weighted by atomic mass is 35.5. The Balaban J connectivity index is 2.60. The number of aromatic nitrogens is 2. The van der Waals surface area contributed by atoms with E-state index in [1.165, 1.54) is 11.1 Å². The average molecular weight is 261 g/mol. The second kappa shape index (κ2) is 5.07. The molecular formula is C15H17ClN2. The third-order valence-corrected chi connectivity index (χ3v) is 3.09. The van der Waals surface area contributed by atoms with Gasteiger partial charge in [0.15, 0.2) is 0 Å². The van der Waals surface area contributed by atoms with E-state index in [0.29, 0.717) is 5.15 Å². The van der Waals surface area contributed by atoms with E-state index >= 15 is 0 Å². The molecule has 0 saturated heterocycles. The van der Waals surface area contributed by atoms with E-state index in [0.717, 1.165) is 17.1 Å². The molecule has 0 radical (unpaired) electrons. The van der Waals surface area contributed by atoms with E-state index in [2.05, 4.69) is 55.9 Å². The predicted octanol–water partition coefficient (Wildman–Crippen LogP) is 4.54. The van der Waals surface area contributed by atoms with Crippen LogP contribution in [0.4, 0.5) is 0 Å². The van der Waals surface area contributed by atoms with Gasteiger partial charge in [0, 0.05) is 17.5 Å². The molecule has 0 aliphatic carbocycles. The van der Waals surface area contributed by atoms with Gasteiger partial charge in [0.25, 0.3) is 0 Å². The van der Waals surface area contributed by atoms with Gasteiger partial charge in [0.05, 0.1) is 5.69 Å². The Morgan fingerprint density at radius 1 is 1.06 bits per heavy atom. The standard InChI is InChI=1S/C15H17ClN2/c1-9(2)15-17-13(8-14(16)18-15)12-7-10(3)5-6-11(12)4/h5-9H,1-4H3. The summed E-state index contributed by atoms with van der Waals surface area (Å²) in [6.07, 6.45) is 0. The highest BCUT2D eigenvalue weighted by Crippen LogP contribution is 2.26. The fourth-order valence-corrected chi connectivity index (χ4v) is 2.03. The first-order chi connectivity index (χ1) is 8.47. The Morgan fingerprint density at radius 2 is 1.78 bits per heavy atom. The van der Waals surface area contributed by atoms with Crippen molar-refractivity contribution in [3.63, 3.8) is 0 Å². The van der Waals surface area contributed by atoms with Crippen LogP contribution in [-0.2, 0) is 0 Å². The molecule has 0 bridgehead atoms. The van der Waals surface area contributed by atoms with Crippen LogP contribution in [0.2, 0.25) is 5.15 Å². The molecule has 1 aromatic carbocycles. The Bertz CT molecular complexity index is 577. The first-order valence-corrected chi connectivity index (χ1v) is 6.47. The minimum absolute atomic E-state index is 0.271. The minimum atomic E-state index is 0.271. The van der Waals surface area contributed by atoms with Crippen molar-refractivity contribution in [2.45, 2.75) is 33.6 Å². The number of aryl methyl sites for hydroxylation is 2. The van der Waals surface area contributed by atoms with Gasteiger partial charge in [-0.2, -0.15) is 0 Å². The molecule has 0 fully saturated rings. The fraction of sp³-hybridized carbons (Fsp3) is 0.333. The van der Waals surface area contributed by atoms with Crippen molar-refractivity contribution < 1.29 is 0 Å². The summed E-state index contributed by atoms with van der Waals surface area (Å²) in [4.78, 5) is 8.87. The van der Waals surface area contributed by atoms with Gasteiger partial charge in [-0.1, -0.05) is 43.1 Å². The quantitative estimate of drug-likeness (QED) is 0.741. The summed E-state index contributed by atoms with van der Waals surface area (Å²) in [5.74, 6) is 1.06. The molecule has 2 aromatic rings. The third kappa shape index (κ3) is 2.70. The summed E-state index contributed by atoms with van der Waals surface area (Å²) >= 11 is 6.08. The summed E-state index contributed by atoms with van der Waals surface area (Å²) in [5, 5.41) is 0.504. The third-order valence-electron chi connectivity index (χ3n) is 2.90. The zero-order valence-electron chi connectivity index (χ0n) is 11.2. The van der Waals surface area contributed by atoms with E-state index in [9.17, 15) is 0 Å². The van der Waals surface area contributed by atoms with Crippen molar-refractivity contribution in [3.05, 3.63) is 46.4 Å². The summed E-state index contributed by atoms with van der Waals surface area (Å²) in [7, 11) is 0. The van der Waals surface area contributed by atoms with Crippen LogP contribution < -0.4 is 0 Å². The normalized spacial score (nSPS) is 11.0. The fourth-order valence-electron chi connectivity index (χ4n) is 1.84. The van der Waals surface area contributed by atoms with Crippen molar-refractivity contribution in [3.8, 4) is 11.3 Å². The molecule has 3 heteroatoms. The molecule has 94 valence electrons. The van der Waals surface area contributed by atoms with Crippen LogP contribution in [0, 0.1) is 13.8 Å². The van der Waals surface area contributed by atoms with Gasteiger partial charge in [0.2, 0.25) is 0 Å².